The van der Waals surface area contributed by atoms with Crippen molar-refractivity contribution >= 4 is 28.4 Å². The van der Waals surface area contributed by atoms with E-state index >= 15 is 0 Å². The van der Waals surface area contributed by atoms with E-state index in [2.05, 4.69) is 15.5 Å². The van der Waals surface area contributed by atoms with Gasteiger partial charge in [0.05, 0.1) is 5.52 Å². The first-order valence-corrected chi connectivity index (χ1v) is 8.92. The molecule has 0 radical (unpaired) electrons. The van der Waals surface area contributed by atoms with Gasteiger partial charge in [-0.25, -0.2) is 0 Å². The number of rotatable bonds is 4. The van der Waals surface area contributed by atoms with E-state index in [1.54, 1.807) is 36.4 Å². The van der Waals surface area contributed by atoms with Gasteiger partial charge in [-0.15, -0.1) is 0 Å². The Morgan fingerprint density at radius 1 is 1.03 bits per heavy atom. The van der Waals surface area contributed by atoms with E-state index in [-0.39, 0.29) is 11.7 Å². The number of carbonyl (C=O) groups excluding carboxylic acids is 2. The van der Waals surface area contributed by atoms with Crippen molar-refractivity contribution in [2.45, 2.75) is 6.92 Å². The van der Waals surface area contributed by atoms with Crippen LogP contribution in [0.15, 0.2) is 60.7 Å². The molecule has 2 amide bonds. The number of aryl methyl sites for hydroxylation is 1. The smallest absolute Gasteiger partial charge is 0.255 e. The highest BCUT2D eigenvalue weighted by atomic mass is 16.3. The SMILES string of the molecule is Cc1ccc(NC(=O)c2cccc(O)c2)cc1-c1n[nH]c2ccc(C(N)=O)cc12. The molecule has 29 heavy (non-hydrogen) atoms. The van der Waals surface area contributed by atoms with E-state index in [9.17, 15) is 14.7 Å². The predicted octanol–water partition coefficient (Wildman–Crippen LogP) is 3.60. The van der Waals surface area contributed by atoms with Crippen molar-refractivity contribution in [2.24, 2.45) is 5.73 Å². The molecule has 0 atom stereocenters. The zero-order chi connectivity index (χ0) is 20.5. The second-order valence-electron chi connectivity index (χ2n) is 6.73. The fraction of sp³-hybridized carbons (Fsp3) is 0.0455. The number of benzene rings is 3. The zero-order valence-corrected chi connectivity index (χ0v) is 15.6. The Morgan fingerprint density at radius 3 is 2.62 bits per heavy atom. The molecule has 4 aromatic rings. The topological polar surface area (TPSA) is 121 Å². The molecule has 0 bridgehead atoms. The first-order valence-electron chi connectivity index (χ1n) is 8.92. The van der Waals surface area contributed by atoms with Crippen LogP contribution in [0.1, 0.15) is 26.3 Å². The van der Waals surface area contributed by atoms with E-state index in [1.807, 2.05) is 19.1 Å². The summed E-state index contributed by atoms with van der Waals surface area (Å²) in [7, 11) is 0. The molecule has 1 heterocycles. The second-order valence-corrected chi connectivity index (χ2v) is 6.73. The molecule has 0 saturated carbocycles. The third kappa shape index (κ3) is 3.53. The van der Waals surface area contributed by atoms with Crippen LogP contribution < -0.4 is 11.1 Å². The Morgan fingerprint density at radius 2 is 1.86 bits per heavy atom. The fourth-order valence-electron chi connectivity index (χ4n) is 3.18. The van der Waals surface area contributed by atoms with E-state index in [4.69, 9.17) is 5.73 Å². The minimum Gasteiger partial charge on any atom is -0.508 e. The number of amides is 2. The number of nitrogens with one attached hydrogen (secondary N) is 2. The molecule has 7 heteroatoms. The van der Waals surface area contributed by atoms with Gasteiger partial charge in [-0.3, -0.25) is 14.7 Å². The molecule has 0 aliphatic heterocycles. The fourth-order valence-corrected chi connectivity index (χ4v) is 3.18. The largest absolute Gasteiger partial charge is 0.508 e. The van der Waals surface area contributed by atoms with Gasteiger partial charge in [0.25, 0.3) is 5.91 Å². The molecule has 3 aromatic carbocycles. The van der Waals surface area contributed by atoms with Crippen molar-refractivity contribution in [1.82, 2.24) is 10.2 Å². The average Bonchev–Trinajstić information content (AvgIpc) is 3.12. The lowest BCUT2D eigenvalue weighted by atomic mass is 10.0. The van der Waals surface area contributed by atoms with Crippen molar-refractivity contribution in [1.29, 1.82) is 0 Å². The highest BCUT2D eigenvalue weighted by molar-refractivity contribution is 6.05. The van der Waals surface area contributed by atoms with Gasteiger partial charge in [-0.2, -0.15) is 5.10 Å². The Labute approximate surface area is 166 Å². The molecule has 4 rings (SSSR count). The number of primary amides is 1. The number of aromatic amines is 1. The minimum absolute atomic E-state index is 0.0236. The molecular formula is C22H18N4O3. The number of phenolic OH excluding ortho intramolecular Hbond substituents is 1. The summed E-state index contributed by atoms with van der Waals surface area (Å²) in [5.41, 5.74) is 9.94. The van der Waals surface area contributed by atoms with E-state index in [0.29, 0.717) is 22.5 Å². The first kappa shape index (κ1) is 18.2. The number of aromatic nitrogens is 2. The lowest BCUT2D eigenvalue weighted by molar-refractivity contribution is 0.0997. The normalized spacial score (nSPS) is 10.8. The standard InChI is InChI=1S/C22H18N4O3/c1-12-5-7-15(24-22(29)14-3-2-4-16(27)9-14)11-17(12)20-18-10-13(21(23)28)6-8-19(18)25-26-20/h2-11,27H,1H3,(H2,23,28)(H,24,29)(H,25,26). The lowest BCUT2D eigenvalue weighted by Gasteiger charge is -2.10. The molecular weight excluding hydrogens is 368 g/mol. The third-order valence-corrected chi connectivity index (χ3v) is 4.71. The molecule has 0 aliphatic rings. The first-order chi connectivity index (χ1) is 13.9. The number of phenols is 1. The quantitative estimate of drug-likeness (QED) is 0.428. The second kappa shape index (κ2) is 7.12. The maximum Gasteiger partial charge on any atom is 0.255 e. The van der Waals surface area contributed by atoms with Gasteiger partial charge in [0.2, 0.25) is 5.91 Å². The minimum atomic E-state index is -0.511. The van der Waals surface area contributed by atoms with Crippen LogP contribution in [-0.2, 0) is 0 Å². The van der Waals surface area contributed by atoms with Gasteiger partial charge in [-0.05, 0) is 61.0 Å². The van der Waals surface area contributed by atoms with Gasteiger partial charge in [0.15, 0.2) is 0 Å². The highest BCUT2D eigenvalue weighted by Crippen LogP contribution is 2.31. The number of carbonyl (C=O) groups is 2. The number of hydrogen-bond donors (Lipinski definition) is 4. The molecule has 0 spiro atoms. The molecule has 1 aromatic heterocycles. The van der Waals surface area contributed by atoms with Crippen LogP contribution in [0.25, 0.3) is 22.2 Å². The number of aromatic hydroxyl groups is 1. The molecule has 5 N–H and O–H groups in total. The maximum atomic E-state index is 12.5. The van der Waals surface area contributed by atoms with Crippen molar-refractivity contribution in [3.63, 3.8) is 0 Å². The van der Waals surface area contributed by atoms with Gasteiger partial charge >= 0.3 is 0 Å². The van der Waals surface area contributed by atoms with Gasteiger partial charge in [-0.1, -0.05) is 12.1 Å². The van der Waals surface area contributed by atoms with Gasteiger partial charge in [0, 0.05) is 27.8 Å². The van der Waals surface area contributed by atoms with Gasteiger partial charge in [0.1, 0.15) is 11.4 Å². The number of fused-ring (bicyclic) bond motifs is 1. The van der Waals surface area contributed by atoms with E-state index in [1.165, 1.54) is 12.1 Å². The molecule has 7 nitrogen and oxygen atoms in total. The zero-order valence-electron chi connectivity index (χ0n) is 15.6. The van der Waals surface area contributed by atoms with Crippen LogP contribution >= 0.6 is 0 Å². The number of anilines is 1. The highest BCUT2D eigenvalue weighted by Gasteiger charge is 2.14. The van der Waals surface area contributed by atoms with Crippen LogP contribution in [0.5, 0.6) is 5.75 Å². The molecule has 0 fully saturated rings. The summed E-state index contributed by atoms with van der Waals surface area (Å²) < 4.78 is 0. The van der Waals surface area contributed by atoms with Crippen LogP contribution in [0.4, 0.5) is 5.69 Å². The summed E-state index contributed by atoms with van der Waals surface area (Å²) in [5, 5.41) is 20.5. The lowest BCUT2D eigenvalue weighted by Crippen LogP contribution is -2.11. The molecule has 0 unspecified atom stereocenters. The third-order valence-electron chi connectivity index (χ3n) is 4.71. The van der Waals surface area contributed by atoms with Crippen LogP contribution in [-0.4, -0.2) is 27.1 Å². The average molecular weight is 386 g/mol. The molecule has 0 saturated heterocycles. The predicted molar refractivity (Wildman–Crippen MR) is 111 cm³/mol. The Bertz CT molecular complexity index is 1260. The number of nitrogens with zero attached hydrogens (tertiary/aromatic N) is 1. The van der Waals surface area contributed by atoms with Crippen molar-refractivity contribution in [2.75, 3.05) is 5.32 Å². The monoisotopic (exact) mass is 386 g/mol. The van der Waals surface area contributed by atoms with Crippen LogP contribution in [0, 0.1) is 6.92 Å². The van der Waals surface area contributed by atoms with E-state index < -0.39 is 5.91 Å². The summed E-state index contributed by atoms with van der Waals surface area (Å²) in [5.74, 6) is -0.822. The van der Waals surface area contributed by atoms with E-state index in [0.717, 1.165) is 22.0 Å². The number of H-pyrrole nitrogens is 1. The van der Waals surface area contributed by atoms with Crippen molar-refractivity contribution in [3.05, 3.63) is 77.4 Å². The Balaban J connectivity index is 1.72. The Kier molecular flexibility index (Phi) is 4.48. The maximum absolute atomic E-state index is 12.5. The summed E-state index contributed by atoms with van der Waals surface area (Å²) in [6.45, 7) is 1.94. The summed E-state index contributed by atoms with van der Waals surface area (Å²) in [6.07, 6.45) is 0. The number of hydrogen-bond acceptors (Lipinski definition) is 4. The van der Waals surface area contributed by atoms with Crippen LogP contribution in [0.3, 0.4) is 0 Å². The van der Waals surface area contributed by atoms with Crippen molar-refractivity contribution < 1.29 is 14.7 Å². The molecule has 0 aliphatic carbocycles. The summed E-state index contributed by atoms with van der Waals surface area (Å²) >= 11 is 0. The Hall–Kier alpha value is -4.13. The van der Waals surface area contributed by atoms with Crippen LogP contribution in [0.2, 0.25) is 0 Å². The van der Waals surface area contributed by atoms with Gasteiger partial charge < -0.3 is 16.2 Å². The molecule has 144 valence electrons. The summed E-state index contributed by atoms with van der Waals surface area (Å²) in [6, 6.07) is 16.7. The number of nitrogens with two attached hydrogens (primary N) is 1. The summed E-state index contributed by atoms with van der Waals surface area (Å²) in [4.78, 5) is 24.0. The van der Waals surface area contributed by atoms with Crippen molar-refractivity contribution in [3.8, 4) is 17.0 Å².